The Morgan fingerprint density at radius 2 is 1.47 bits per heavy atom. The summed E-state index contributed by atoms with van der Waals surface area (Å²) < 4.78 is 32.4. The number of nitrogens with zero attached hydrogens (tertiary/aromatic N) is 4. The molecule has 2 aromatic rings. The number of benzene rings is 2. The standard InChI is InChI=1S/C17H17ClN4O7S/c1-19-6-8-20(9-7-19)30(27,28)13-3-5-17(15(11-13)22(25)26)29-16-4-2-12(18)10-14(16)21(23)24/h2-5,10-11H,6-9H2,1H3. The summed E-state index contributed by atoms with van der Waals surface area (Å²) in [7, 11) is -2.07. The van der Waals surface area contributed by atoms with Crippen molar-refractivity contribution in [3.63, 3.8) is 0 Å². The molecule has 0 N–H and O–H groups in total. The summed E-state index contributed by atoms with van der Waals surface area (Å²) >= 11 is 5.76. The van der Waals surface area contributed by atoms with Crippen LogP contribution in [0.5, 0.6) is 11.5 Å². The Morgan fingerprint density at radius 1 is 0.933 bits per heavy atom. The Hall–Kier alpha value is -2.80. The zero-order valence-corrected chi connectivity index (χ0v) is 17.3. The number of likely N-dealkylation sites (N-methyl/N-ethyl adjacent to an activating group) is 1. The van der Waals surface area contributed by atoms with Gasteiger partial charge in [-0.1, -0.05) is 11.6 Å². The molecule has 0 aliphatic carbocycles. The van der Waals surface area contributed by atoms with Crippen LogP contribution in [-0.4, -0.2) is 60.7 Å². The van der Waals surface area contributed by atoms with Gasteiger partial charge < -0.3 is 9.64 Å². The zero-order valence-electron chi connectivity index (χ0n) is 15.7. The molecule has 160 valence electrons. The Bertz CT molecular complexity index is 1100. The quantitative estimate of drug-likeness (QED) is 0.478. The number of piperazine rings is 1. The van der Waals surface area contributed by atoms with E-state index >= 15 is 0 Å². The molecule has 1 fully saturated rings. The van der Waals surface area contributed by atoms with Gasteiger partial charge in [0.05, 0.1) is 14.7 Å². The predicted octanol–water partition coefficient (Wildman–Crippen LogP) is 2.88. The number of ether oxygens (including phenoxy) is 1. The number of sulfonamides is 1. The van der Waals surface area contributed by atoms with Crippen molar-refractivity contribution in [1.82, 2.24) is 9.21 Å². The highest BCUT2D eigenvalue weighted by Gasteiger charge is 2.30. The smallest absolute Gasteiger partial charge is 0.313 e. The molecule has 1 aliphatic rings. The van der Waals surface area contributed by atoms with Gasteiger partial charge in [0.2, 0.25) is 21.5 Å². The maximum Gasteiger partial charge on any atom is 0.313 e. The fourth-order valence-corrected chi connectivity index (χ4v) is 4.51. The average Bonchev–Trinajstić information content (AvgIpc) is 2.69. The molecule has 2 aromatic carbocycles. The van der Waals surface area contributed by atoms with Crippen molar-refractivity contribution in [1.29, 1.82) is 0 Å². The van der Waals surface area contributed by atoms with E-state index in [0.717, 1.165) is 18.2 Å². The molecule has 3 rings (SSSR count). The Morgan fingerprint density at radius 3 is 2.03 bits per heavy atom. The lowest BCUT2D eigenvalue weighted by Gasteiger charge is -2.31. The molecule has 0 aromatic heterocycles. The summed E-state index contributed by atoms with van der Waals surface area (Å²) in [6.45, 7) is 1.62. The largest absolute Gasteiger partial charge is 0.443 e. The topological polar surface area (TPSA) is 136 Å². The van der Waals surface area contributed by atoms with E-state index in [-0.39, 0.29) is 34.5 Å². The Labute approximate surface area is 176 Å². The molecule has 0 radical (unpaired) electrons. The highest BCUT2D eigenvalue weighted by molar-refractivity contribution is 7.89. The van der Waals surface area contributed by atoms with Gasteiger partial charge >= 0.3 is 11.4 Å². The lowest BCUT2D eigenvalue weighted by Crippen LogP contribution is -2.47. The molecule has 0 spiro atoms. The third-order valence-corrected chi connectivity index (χ3v) is 6.69. The second kappa shape index (κ2) is 8.52. The minimum absolute atomic E-state index is 0.0946. The van der Waals surface area contributed by atoms with Gasteiger partial charge in [0.15, 0.2) is 0 Å². The fourth-order valence-electron chi connectivity index (χ4n) is 2.90. The third kappa shape index (κ3) is 4.51. The van der Waals surface area contributed by atoms with Gasteiger partial charge in [0.1, 0.15) is 0 Å². The van der Waals surface area contributed by atoms with Gasteiger partial charge in [-0.3, -0.25) is 20.2 Å². The molecule has 1 aliphatic heterocycles. The van der Waals surface area contributed by atoms with E-state index in [1.54, 1.807) is 0 Å². The molecule has 13 heteroatoms. The van der Waals surface area contributed by atoms with Gasteiger partial charge in [-0.05, 0) is 31.3 Å². The first kappa shape index (κ1) is 21.9. The SMILES string of the molecule is CN1CCN(S(=O)(=O)c2ccc(Oc3ccc(Cl)cc3[N+](=O)[O-])c([N+](=O)[O-])c2)CC1. The highest BCUT2D eigenvalue weighted by Crippen LogP contribution is 2.38. The van der Waals surface area contributed by atoms with E-state index in [9.17, 15) is 28.6 Å². The zero-order chi connectivity index (χ0) is 22.1. The van der Waals surface area contributed by atoms with Gasteiger partial charge in [-0.15, -0.1) is 0 Å². The van der Waals surface area contributed by atoms with Gasteiger partial charge in [-0.2, -0.15) is 4.31 Å². The minimum atomic E-state index is -3.94. The van der Waals surface area contributed by atoms with E-state index in [1.807, 2.05) is 11.9 Å². The molecule has 0 amide bonds. The fraction of sp³-hybridized carbons (Fsp3) is 0.294. The molecule has 1 heterocycles. The van der Waals surface area contributed by atoms with Crippen molar-refractivity contribution >= 4 is 33.0 Å². The third-order valence-electron chi connectivity index (χ3n) is 4.56. The number of halogens is 1. The summed E-state index contributed by atoms with van der Waals surface area (Å²) in [5.41, 5.74) is -1.11. The maximum atomic E-state index is 12.9. The molecule has 0 saturated carbocycles. The number of nitro groups is 2. The van der Waals surface area contributed by atoms with Crippen molar-refractivity contribution in [3.8, 4) is 11.5 Å². The summed E-state index contributed by atoms with van der Waals surface area (Å²) in [6, 6.07) is 6.78. The molecular formula is C17H17ClN4O7S. The Kier molecular flexibility index (Phi) is 6.22. The van der Waals surface area contributed by atoms with E-state index in [0.29, 0.717) is 13.1 Å². The minimum Gasteiger partial charge on any atom is -0.443 e. The summed E-state index contributed by atoms with van der Waals surface area (Å²) in [5.74, 6) is -0.593. The highest BCUT2D eigenvalue weighted by atomic mass is 35.5. The van der Waals surface area contributed by atoms with Crippen LogP contribution >= 0.6 is 11.6 Å². The van der Waals surface area contributed by atoms with E-state index in [2.05, 4.69) is 0 Å². The lowest BCUT2D eigenvalue weighted by molar-refractivity contribution is -0.387. The first-order valence-electron chi connectivity index (χ1n) is 8.68. The molecule has 0 unspecified atom stereocenters. The van der Waals surface area contributed by atoms with Crippen LogP contribution in [0.2, 0.25) is 5.02 Å². The van der Waals surface area contributed by atoms with Crippen LogP contribution in [0, 0.1) is 20.2 Å². The van der Waals surface area contributed by atoms with Gasteiger partial charge in [0.25, 0.3) is 0 Å². The molecule has 0 atom stereocenters. The average molecular weight is 457 g/mol. The second-order valence-electron chi connectivity index (χ2n) is 6.57. The van der Waals surface area contributed by atoms with Crippen LogP contribution in [0.1, 0.15) is 0 Å². The van der Waals surface area contributed by atoms with Crippen LogP contribution in [0.4, 0.5) is 11.4 Å². The second-order valence-corrected chi connectivity index (χ2v) is 8.94. The number of hydrogen-bond donors (Lipinski definition) is 0. The van der Waals surface area contributed by atoms with Crippen LogP contribution < -0.4 is 4.74 Å². The summed E-state index contributed by atoms with van der Waals surface area (Å²) in [4.78, 5) is 22.9. The predicted molar refractivity (Wildman–Crippen MR) is 108 cm³/mol. The van der Waals surface area contributed by atoms with Crippen LogP contribution in [0.25, 0.3) is 0 Å². The van der Waals surface area contributed by atoms with Crippen molar-refractivity contribution < 1.29 is 23.0 Å². The van der Waals surface area contributed by atoms with E-state index in [1.165, 1.54) is 22.5 Å². The van der Waals surface area contributed by atoms with Crippen molar-refractivity contribution in [2.45, 2.75) is 4.90 Å². The molecule has 1 saturated heterocycles. The van der Waals surface area contributed by atoms with Crippen molar-refractivity contribution in [2.24, 2.45) is 0 Å². The number of hydrogen-bond acceptors (Lipinski definition) is 8. The van der Waals surface area contributed by atoms with E-state index in [4.69, 9.17) is 16.3 Å². The summed E-state index contributed by atoms with van der Waals surface area (Å²) in [5, 5.41) is 22.8. The van der Waals surface area contributed by atoms with E-state index < -0.39 is 31.2 Å². The Balaban J connectivity index is 1.97. The lowest BCUT2D eigenvalue weighted by atomic mass is 10.2. The van der Waals surface area contributed by atoms with Crippen molar-refractivity contribution in [3.05, 3.63) is 61.6 Å². The first-order valence-corrected chi connectivity index (χ1v) is 10.5. The van der Waals surface area contributed by atoms with Crippen molar-refractivity contribution in [2.75, 3.05) is 33.2 Å². The number of nitro benzene ring substituents is 2. The van der Waals surface area contributed by atoms with Gasteiger partial charge in [0, 0.05) is 43.3 Å². The monoisotopic (exact) mass is 456 g/mol. The van der Waals surface area contributed by atoms with Crippen LogP contribution in [-0.2, 0) is 10.0 Å². The van der Waals surface area contributed by atoms with Crippen LogP contribution in [0.15, 0.2) is 41.3 Å². The maximum absolute atomic E-state index is 12.9. The molecule has 30 heavy (non-hydrogen) atoms. The number of rotatable bonds is 6. The normalized spacial score (nSPS) is 15.7. The summed E-state index contributed by atoms with van der Waals surface area (Å²) in [6.07, 6.45) is 0. The molecule has 0 bridgehead atoms. The van der Waals surface area contributed by atoms with Gasteiger partial charge in [-0.25, -0.2) is 8.42 Å². The first-order chi connectivity index (χ1) is 14.1. The molecular weight excluding hydrogens is 440 g/mol. The molecule has 11 nitrogen and oxygen atoms in total. The van der Waals surface area contributed by atoms with Crippen LogP contribution in [0.3, 0.4) is 0 Å².